The summed E-state index contributed by atoms with van der Waals surface area (Å²) in [7, 11) is -4.24. The van der Waals surface area contributed by atoms with E-state index in [1.807, 2.05) is 0 Å². The van der Waals surface area contributed by atoms with E-state index in [1.165, 1.54) is 49.4 Å². The van der Waals surface area contributed by atoms with Crippen molar-refractivity contribution >= 4 is 33.4 Å². The van der Waals surface area contributed by atoms with Crippen molar-refractivity contribution in [2.45, 2.75) is 23.8 Å². The predicted octanol–water partition coefficient (Wildman–Crippen LogP) is 4.26. The van der Waals surface area contributed by atoms with E-state index in [4.69, 9.17) is 9.47 Å². The Morgan fingerprint density at radius 2 is 1.77 bits per heavy atom. The van der Waals surface area contributed by atoms with Gasteiger partial charge >= 0.3 is 12.0 Å². The largest absolute Gasteiger partial charge is 0.484 e. The summed E-state index contributed by atoms with van der Waals surface area (Å²) in [6.07, 6.45) is -1.95. The van der Waals surface area contributed by atoms with Crippen LogP contribution in [0.3, 0.4) is 0 Å². The van der Waals surface area contributed by atoms with Gasteiger partial charge in [-0.3, -0.25) is 14.4 Å². The first kappa shape index (κ1) is 27.8. The molecular weight excluding hydrogens is 539 g/mol. The summed E-state index contributed by atoms with van der Waals surface area (Å²) < 4.78 is 80.7. The molecule has 1 aliphatic heterocycles. The Labute approximate surface area is 222 Å². The monoisotopic (exact) mass is 563 g/mol. The lowest BCUT2D eigenvalue weighted by molar-refractivity contribution is -0.119. The summed E-state index contributed by atoms with van der Waals surface area (Å²) in [6.45, 7) is -0.125. The van der Waals surface area contributed by atoms with Crippen LogP contribution >= 0.6 is 0 Å². The van der Waals surface area contributed by atoms with Crippen LogP contribution in [0.2, 0.25) is 0 Å². The topological polar surface area (TPSA) is 114 Å². The Morgan fingerprint density at radius 3 is 2.44 bits per heavy atom. The smallest absolute Gasteiger partial charge is 0.411 e. The van der Waals surface area contributed by atoms with Gasteiger partial charge in [-0.1, -0.05) is 30.3 Å². The zero-order chi connectivity index (χ0) is 28.2. The lowest BCUT2D eigenvalue weighted by Gasteiger charge is -2.35. The average molecular weight is 564 g/mol. The maximum atomic E-state index is 14.4. The molecule has 0 radical (unpaired) electrons. The Balaban J connectivity index is 1.56. The predicted molar refractivity (Wildman–Crippen MR) is 136 cm³/mol. The Morgan fingerprint density at radius 1 is 1.08 bits per heavy atom. The average Bonchev–Trinajstić information content (AvgIpc) is 2.91. The molecule has 9 nitrogen and oxygen atoms in total. The van der Waals surface area contributed by atoms with Crippen LogP contribution in [0.15, 0.2) is 77.7 Å². The highest BCUT2D eigenvalue weighted by Crippen LogP contribution is 2.39. The van der Waals surface area contributed by atoms with Crippen LogP contribution in [-0.4, -0.2) is 46.2 Å². The highest BCUT2D eigenvalue weighted by molar-refractivity contribution is 7.92. The number of hydrogen-bond acceptors (Lipinski definition) is 6. The SMILES string of the molecule is CC(=O)NCC1CN(S(=O)(=O)c2ccc(F)cc2)c2cc(NC(=O)OCC(F)(F)c3ccccc3)ccc2O1. The van der Waals surface area contributed by atoms with Gasteiger partial charge in [0, 0.05) is 18.2 Å². The minimum atomic E-state index is -4.24. The zero-order valence-corrected chi connectivity index (χ0v) is 21.4. The fourth-order valence-corrected chi connectivity index (χ4v) is 5.29. The fourth-order valence-electron chi connectivity index (χ4n) is 3.79. The summed E-state index contributed by atoms with van der Waals surface area (Å²) in [5, 5.41) is 4.88. The van der Waals surface area contributed by atoms with Crippen LogP contribution in [0.1, 0.15) is 12.5 Å². The van der Waals surface area contributed by atoms with Crippen molar-refractivity contribution in [1.82, 2.24) is 5.32 Å². The van der Waals surface area contributed by atoms with E-state index in [9.17, 15) is 31.2 Å². The number of nitrogens with one attached hydrogen (secondary N) is 2. The quantitative estimate of drug-likeness (QED) is 0.424. The number of ether oxygens (including phenoxy) is 2. The molecule has 13 heteroatoms. The van der Waals surface area contributed by atoms with Gasteiger partial charge in [-0.15, -0.1) is 0 Å². The number of benzene rings is 3. The lowest BCUT2D eigenvalue weighted by Crippen LogP contribution is -2.48. The first-order valence-electron chi connectivity index (χ1n) is 11.7. The number of carbonyl (C=O) groups is 2. The Kier molecular flexibility index (Phi) is 8.00. The van der Waals surface area contributed by atoms with Crippen molar-refractivity contribution in [3.63, 3.8) is 0 Å². The first-order valence-corrected chi connectivity index (χ1v) is 13.1. The minimum absolute atomic E-state index is 0.00612. The molecule has 0 spiro atoms. The van der Waals surface area contributed by atoms with Gasteiger partial charge in [-0.2, -0.15) is 8.78 Å². The highest BCUT2D eigenvalue weighted by atomic mass is 32.2. The maximum absolute atomic E-state index is 14.4. The molecule has 39 heavy (non-hydrogen) atoms. The molecule has 0 saturated carbocycles. The van der Waals surface area contributed by atoms with E-state index in [0.29, 0.717) is 0 Å². The first-order chi connectivity index (χ1) is 18.5. The molecule has 0 aliphatic carbocycles. The van der Waals surface area contributed by atoms with Gasteiger partial charge in [0.15, 0.2) is 6.61 Å². The molecule has 4 rings (SSSR count). The van der Waals surface area contributed by atoms with Gasteiger partial charge in [-0.05, 0) is 42.5 Å². The van der Waals surface area contributed by atoms with Crippen molar-refractivity contribution < 1.29 is 40.7 Å². The van der Waals surface area contributed by atoms with Gasteiger partial charge in [0.05, 0.1) is 23.7 Å². The number of carbonyl (C=O) groups excluding carboxylic acids is 2. The van der Waals surface area contributed by atoms with Crippen molar-refractivity contribution in [2.75, 3.05) is 29.3 Å². The number of hydrogen-bond donors (Lipinski definition) is 2. The van der Waals surface area contributed by atoms with Crippen molar-refractivity contribution in [1.29, 1.82) is 0 Å². The molecular formula is C26H24F3N3O6S. The third-order valence-corrected chi connectivity index (χ3v) is 7.49. The second-order valence-electron chi connectivity index (χ2n) is 8.62. The van der Waals surface area contributed by atoms with E-state index in [0.717, 1.165) is 28.6 Å². The van der Waals surface area contributed by atoms with Crippen LogP contribution in [0.5, 0.6) is 5.75 Å². The summed E-state index contributed by atoms with van der Waals surface area (Å²) >= 11 is 0. The molecule has 1 aliphatic rings. The Hall–Kier alpha value is -4.26. The summed E-state index contributed by atoms with van der Waals surface area (Å²) in [5.74, 6) is -4.27. The highest BCUT2D eigenvalue weighted by Gasteiger charge is 2.36. The summed E-state index contributed by atoms with van der Waals surface area (Å²) in [6, 6.07) is 15.1. The van der Waals surface area contributed by atoms with E-state index >= 15 is 0 Å². The van der Waals surface area contributed by atoms with Crippen LogP contribution < -0.4 is 19.7 Å². The van der Waals surface area contributed by atoms with Gasteiger partial charge in [-0.25, -0.2) is 17.6 Å². The summed E-state index contributed by atoms with van der Waals surface area (Å²) in [5.41, 5.74) is -0.241. The van der Waals surface area contributed by atoms with Crippen LogP contribution in [0.4, 0.5) is 29.3 Å². The van der Waals surface area contributed by atoms with Crippen molar-refractivity contribution in [2.24, 2.45) is 0 Å². The molecule has 0 fully saturated rings. The molecule has 206 valence electrons. The van der Waals surface area contributed by atoms with Gasteiger partial charge < -0.3 is 14.8 Å². The maximum Gasteiger partial charge on any atom is 0.411 e. The molecule has 1 atom stereocenters. The molecule has 0 bridgehead atoms. The Bertz CT molecular complexity index is 1450. The van der Waals surface area contributed by atoms with Gasteiger partial charge in [0.25, 0.3) is 10.0 Å². The van der Waals surface area contributed by atoms with Gasteiger partial charge in [0.1, 0.15) is 17.7 Å². The lowest BCUT2D eigenvalue weighted by atomic mass is 10.1. The second kappa shape index (κ2) is 11.2. The fraction of sp³-hybridized carbons (Fsp3) is 0.231. The van der Waals surface area contributed by atoms with Gasteiger partial charge in [0.2, 0.25) is 5.91 Å². The van der Waals surface area contributed by atoms with E-state index < -0.39 is 40.6 Å². The van der Waals surface area contributed by atoms with Crippen LogP contribution in [0.25, 0.3) is 0 Å². The number of fused-ring (bicyclic) bond motifs is 1. The number of anilines is 2. The van der Waals surface area contributed by atoms with Crippen LogP contribution in [0, 0.1) is 5.82 Å². The minimum Gasteiger partial charge on any atom is -0.484 e. The molecule has 0 aromatic heterocycles. The standard InChI is InChI=1S/C26H24F3N3O6S/c1-17(33)30-14-21-15-32(39(35,36)22-10-7-19(27)8-11-22)23-13-20(9-12-24(23)38-21)31-25(34)37-16-26(28,29)18-5-3-2-4-6-18/h2-13,21H,14-16H2,1H3,(H,30,33)(H,31,34). The normalized spacial score (nSPS) is 15.1. The number of halogens is 3. The molecule has 1 unspecified atom stereocenters. The number of amides is 2. The third-order valence-electron chi connectivity index (χ3n) is 5.70. The second-order valence-corrected chi connectivity index (χ2v) is 10.5. The number of rotatable bonds is 8. The van der Waals surface area contributed by atoms with E-state index in [1.54, 1.807) is 6.07 Å². The van der Waals surface area contributed by atoms with Crippen LogP contribution in [-0.2, 0) is 25.5 Å². The van der Waals surface area contributed by atoms with Crippen molar-refractivity contribution in [3.8, 4) is 5.75 Å². The zero-order valence-electron chi connectivity index (χ0n) is 20.6. The summed E-state index contributed by atoms with van der Waals surface area (Å²) in [4.78, 5) is 23.5. The van der Waals surface area contributed by atoms with Crippen molar-refractivity contribution in [3.05, 3.63) is 84.2 Å². The number of sulfonamides is 1. The molecule has 1 heterocycles. The number of alkyl halides is 2. The van der Waals surface area contributed by atoms with E-state index in [2.05, 4.69) is 10.6 Å². The number of nitrogens with zero attached hydrogens (tertiary/aromatic N) is 1. The molecule has 2 N–H and O–H groups in total. The third kappa shape index (κ3) is 6.60. The molecule has 0 saturated heterocycles. The van der Waals surface area contributed by atoms with E-state index in [-0.39, 0.29) is 46.6 Å². The molecule has 3 aromatic carbocycles. The molecule has 2 amide bonds. The molecule has 3 aromatic rings.